The lowest BCUT2D eigenvalue weighted by Crippen LogP contribution is -2.05. The summed E-state index contributed by atoms with van der Waals surface area (Å²) in [5.74, 6) is 0.823. The van der Waals surface area contributed by atoms with Crippen molar-refractivity contribution >= 4 is 15.9 Å². The maximum atomic E-state index is 9.25. The zero-order chi connectivity index (χ0) is 9.84. The Hall–Kier alpha value is -0.540. The Kier molecular flexibility index (Phi) is 3.75. The van der Waals surface area contributed by atoms with Gasteiger partial charge in [0.1, 0.15) is 5.75 Å². The second-order valence-electron chi connectivity index (χ2n) is 3.01. The predicted octanol–water partition coefficient (Wildman–Crippen LogP) is 2.38. The molecule has 0 fully saturated rings. The number of ether oxygens (including phenoxy) is 1. The zero-order valence-corrected chi connectivity index (χ0v) is 9.34. The SMILES string of the molecule is COc1ccc(Br)cc1CC(C)O. The second kappa shape index (κ2) is 4.63. The Morgan fingerprint density at radius 3 is 2.77 bits per heavy atom. The molecule has 0 bridgehead atoms. The van der Waals surface area contributed by atoms with E-state index in [1.165, 1.54) is 0 Å². The summed E-state index contributed by atoms with van der Waals surface area (Å²) in [6.07, 6.45) is 0.269. The fourth-order valence-corrected chi connectivity index (χ4v) is 1.63. The second-order valence-corrected chi connectivity index (χ2v) is 3.92. The summed E-state index contributed by atoms with van der Waals surface area (Å²) in [5.41, 5.74) is 1.02. The van der Waals surface area contributed by atoms with Gasteiger partial charge in [0.25, 0.3) is 0 Å². The molecule has 2 nitrogen and oxygen atoms in total. The number of rotatable bonds is 3. The maximum Gasteiger partial charge on any atom is 0.122 e. The van der Waals surface area contributed by atoms with E-state index in [0.717, 1.165) is 15.8 Å². The highest BCUT2D eigenvalue weighted by atomic mass is 79.9. The summed E-state index contributed by atoms with van der Waals surface area (Å²) < 4.78 is 6.17. The van der Waals surface area contributed by atoms with Crippen LogP contribution in [0.2, 0.25) is 0 Å². The Balaban J connectivity index is 2.94. The van der Waals surface area contributed by atoms with E-state index in [1.807, 2.05) is 18.2 Å². The van der Waals surface area contributed by atoms with Gasteiger partial charge in [0.15, 0.2) is 0 Å². The molecule has 1 aromatic rings. The van der Waals surface area contributed by atoms with Gasteiger partial charge in [0.05, 0.1) is 13.2 Å². The zero-order valence-electron chi connectivity index (χ0n) is 7.75. The molecule has 1 N–H and O–H groups in total. The first kappa shape index (κ1) is 10.5. The van der Waals surface area contributed by atoms with Crippen molar-refractivity contribution in [3.63, 3.8) is 0 Å². The quantitative estimate of drug-likeness (QED) is 0.885. The molecule has 0 spiro atoms. The van der Waals surface area contributed by atoms with Gasteiger partial charge >= 0.3 is 0 Å². The fraction of sp³-hybridized carbons (Fsp3) is 0.400. The molecule has 0 aromatic heterocycles. The molecule has 1 unspecified atom stereocenters. The normalized spacial score (nSPS) is 12.6. The predicted molar refractivity (Wildman–Crippen MR) is 56.1 cm³/mol. The van der Waals surface area contributed by atoms with Crippen LogP contribution in [0, 0.1) is 0 Å². The topological polar surface area (TPSA) is 29.5 Å². The van der Waals surface area contributed by atoms with Gasteiger partial charge in [-0.1, -0.05) is 15.9 Å². The molecule has 0 radical (unpaired) electrons. The Labute approximate surface area is 86.7 Å². The summed E-state index contributed by atoms with van der Waals surface area (Å²) >= 11 is 3.38. The molecular weight excluding hydrogens is 232 g/mol. The van der Waals surface area contributed by atoms with Gasteiger partial charge in [-0.05, 0) is 30.7 Å². The number of benzene rings is 1. The molecule has 0 aliphatic heterocycles. The highest BCUT2D eigenvalue weighted by Crippen LogP contribution is 2.23. The number of aliphatic hydroxyl groups is 1. The number of hydrogen-bond donors (Lipinski definition) is 1. The minimum absolute atomic E-state index is 0.344. The lowest BCUT2D eigenvalue weighted by atomic mass is 10.1. The van der Waals surface area contributed by atoms with Crippen LogP contribution in [0.4, 0.5) is 0 Å². The average molecular weight is 245 g/mol. The van der Waals surface area contributed by atoms with Crippen LogP contribution in [0.15, 0.2) is 22.7 Å². The molecule has 0 heterocycles. The summed E-state index contributed by atoms with van der Waals surface area (Å²) in [4.78, 5) is 0. The van der Waals surface area contributed by atoms with Gasteiger partial charge in [-0.25, -0.2) is 0 Å². The van der Waals surface area contributed by atoms with Gasteiger partial charge in [-0.15, -0.1) is 0 Å². The number of halogens is 1. The minimum Gasteiger partial charge on any atom is -0.496 e. The third-order valence-corrected chi connectivity index (χ3v) is 2.25. The average Bonchev–Trinajstić information content (AvgIpc) is 2.03. The van der Waals surface area contributed by atoms with E-state index in [1.54, 1.807) is 14.0 Å². The van der Waals surface area contributed by atoms with Crippen LogP contribution in [0.3, 0.4) is 0 Å². The van der Waals surface area contributed by atoms with E-state index >= 15 is 0 Å². The molecular formula is C10H13BrO2. The Morgan fingerprint density at radius 1 is 1.54 bits per heavy atom. The molecule has 1 rings (SSSR count). The van der Waals surface area contributed by atoms with Gasteiger partial charge in [0.2, 0.25) is 0 Å². The standard InChI is InChI=1S/C10H13BrO2/c1-7(12)5-8-6-9(11)3-4-10(8)13-2/h3-4,6-7,12H,5H2,1-2H3. The van der Waals surface area contributed by atoms with E-state index in [4.69, 9.17) is 4.74 Å². The smallest absolute Gasteiger partial charge is 0.122 e. The van der Waals surface area contributed by atoms with Crippen LogP contribution in [0.1, 0.15) is 12.5 Å². The molecule has 1 aromatic carbocycles. The van der Waals surface area contributed by atoms with E-state index in [-0.39, 0.29) is 6.10 Å². The van der Waals surface area contributed by atoms with Crippen molar-refractivity contribution < 1.29 is 9.84 Å². The van der Waals surface area contributed by atoms with Crippen molar-refractivity contribution in [1.82, 2.24) is 0 Å². The minimum atomic E-state index is -0.344. The van der Waals surface area contributed by atoms with E-state index in [2.05, 4.69) is 15.9 Å². The molecule has 72 valence electrons. The maximum absolute atomic E-state index is 9.25. The van der Waals surface area contributed by atoms with Gasteiger partial charge in [-0.2, -0.15) is 0 Å². The largest absolute Gasteiger partial charge is 0.496 e. The molecule has 13 heavy (non-hydrogen) atoms. The Bertz CT molecular complexity index is 284. The highest BCUT2D eigenvalue weighted by Gasteiger charge is 2.06. The summed E-state index contributed by atoms with van der Waals surface area (Å²) in [5, 5.41) is 9.25. The highest BCUT2D eigenvalue weighted by molar-refractivity contribution is 9.10. The van der Waals surface area contributed by atoms with Gasteiger partial charge < -0.3 is 9.84 Å². The number of hydrogen-bond acceptors (Lipinski definition) is 2. The summed E-state index contributed by atoms with van der Waals surface area (Å²) in [6, 6.07) is 5.78. The fourth-order valence-electron chi connectivity index (χ4n) is 1.22. The first-order valence-electron chi connectivity index (χ1n) is 4.14. The van der Waals surface area contributed by atoms with Crippen molar-refractivity contribution in [1.29, 1.82) is 0 Å². The van der Waals surface area contributed by atoms with Crippen LogP contribution in [0.5, 0.6) is 5.75 Å². The van der Waals surface area contributed by atoms with Crippen molar-refractivity contribution in [3.8, 4) is 5.75 Å². The molecule has 0 saturated carbocycles. The molecule has 0 aliphatic carbocycles. The lowest BCUT2D eigenvalue weighted by Gasteiger charge is -2.10. The van der Waals surface area contributed by atoms with Crippen molar-refractivity contribution in [2.75, 3.05) is 7.11 Å². The van der Waals surface area contributed by atoms with Gasteiger partial charge in [0, 0.05) is 10.9 Å². The van der Waals surface area contributed by atoms with Gasteiger partial charge in [-0.3, -0.25) is 0 Å². The van der Waals surface area contributed by atoms with E-state index in [9.17, 15) is 5.11 Å². The van der Waals surface area contributed by atoms with Crippen molar-refractivity contribution in [2.24, 2.45) is 0 Å². The summed E-state index contributed by atoms with van der Waals surface area (Å²) in [6.45, 7) is 1.76. The van der Waals surface area contributed by atoms with Crippen LogP contribution in [-0.4, -0.2) is 18.3 Å². The molecule has 0 saturated heterocycles. The Morgan fingerprint density at radius 2 is 2.23 bits per heavy atom. The van der Waals surface area contributed by atoms with Crippen LogP contribution in [-0.2, 0) is 6.42 Å². The van der Waals surface area contributed by atoms with Crippen LogP contribution in [0.25, 0.3) is 0 Å². The molecule has 0 aliphatic rings. The molecule has 3 heteroatoms. The first-order valence-corrected chi connectivity index (χ1v) is 4.93. The monoisotopic (exact) mass is 244 g/mol. The number of aliphatic hydroxyl groups excluding tert-OH is 1. The van der Waals surface area contributed by atoms with Crippen LogP contribution < -0.4 is 4.74 Å². The molecule has 0 amide bonds. The lowest BCUT2D eigenvalue weighted by molar-refractivity contribution is 0.194. The number of methoxy groups -OCH3 is 1. The molecule has 1 atom stereocenters. The third-order valence-electron chi connectivity index (χ3n) is 1.76. The van der Waals surface area contributed by atoms with Crippen molar-refractivity contribution in [3.05, 3.63) is 28.2 Å². The van der Waals surface area contributed by atoms with Crippen LogP contribution >= 0.6 is 15.9 Å². The van der Waals surface area contributed by atoms with E-state index in [0.29, 0.717) is 6.42 Å². The first-order chi connectivity index (χ1) is 6.13. The summed E-state index contributed by atoms with van der Waals surface area (Å²) in [7, 11) is 1.63. The third kappa shape index (κ3) is 3.01. The van der Waals surface area contributed by atoms with Crippen molar-refractivity contribution in [2.45, 2.75) is 19.4 Å². The van der Waals surface area contributed by atoms with E-state index < -0.39 is 0 Å².